The van der Waals surface area contributed by atoms with Crippen LogP contribution >= 0.6 is 11.6 Å². The van der Waals surface area contributed by atoms with Gasteiger partial charge in [-0.2, -0.15) is 0 Å². The molecular formula is C25H33ClN2O. The van der Waals surface area contributed by atoms with Gasteiger partial charge in [-0.25, -0.2) is 0 Å². The summed E-state index contributed by atoms with van der Waals surface area (Å²) in [6, 6.07) is 14.7. The lowest BCUT2D eigenvalue weighted by Crippen LogP contribution is -2.30. The van der Waals surface area contributed by atoms with E-state index < -0.39 is 0 Å². The summed E-state index contributed by atoms with van der Waals surface area (Å²) in [5, 5.41) is 4.27. The Labute approximate surface area is 180 Å². The fraction of sp³-hybridized carbons (Fsp3) is 0.520. The van der Waals surface area contributed by atoms with E-state index in [1.54, 1.807) is 0 Å². The Bertz CT molecular complexity index is 788. The van der Waals surface area contributed by atoms with Crippen LogP contribution in [-0.4, -0.2) is 37.7 Å². The van der Waals surface area contributed by atoms with Gasteiger partial charge in [0.25, 0.3) is 0 Å². The van der Waals surface area contributed by atoms with Gasteiger partial charge >= 0.3 is 0 Å². The molecule has 1 aliphatic carbocycles. The highest BCUT2D eigenvalue weighted by Gasteiger charge is 2.22. The monoisotopic (exact) mass is 412 g/mol. The van der Waals surface area contributed by atoms with Gasteiger partial charge in [-0.3, -0.25) is 0 Å². The zero-order valence-electron chi connectivity index (χ0n) is 17.3. The number of ether oxygens (including phenoxy) is 1. The molecule has 1 heterocycles. The number of nitrogens with one attached hydrogen (secondary N) is 1. The number of aryl methyl sites for hydroxylation is 1. The third-order valence-corrected chi connectivity index (χ3v) is 6.63. The van der Waals surface area contributed by atoms with Gasteiger partial charge in [-0.05, 0) is 99.0 Å². The summed E-state index contributed by atoms with van der Waals surface area (Å²) in [7, 11) is 0. The summed E-state index contributed by atoms with van der Waals surface area (Å²) >= 11 is 6.19. The second-order valence-corrected chi connectivity index (χ2v) is 8.92. The van der Waals surface area contributed by atoms with Gasteiger partial charge in [-0.15, -0.1) is 0 Å². The van der Waals surface area contributed by atoms with E-state index in [1.165, 1.54) is 62.9 Å². The first kappa shape index (κ1) is 20.7. The van der Waals surface area contributed by atoms with Crippen LogP contribution in [0.3, 0.4) is 0 Å². The molecule has 1 fully saturated rings. The fourth-order valence-corrected chi connectivity index (χ4v) is 4.84. The van der Waals surface area contributed by atoms with Crippen LogP contribution in [0.4, 0.5) is 0 Å². The SMILES string of the molecule is Clc1ccccc1CNCCCOc1ccc2c(c1)CCC(CN1CCCC1)C2. The highest BCUT2D eigenvalue weighted by atomic mass is 35.5. The lowest BCUT2D eigenvalue weighted by molar-refractivity contribution is 0.261. The molecule has 0 bridgehead atoms. The second-order valence-electron chi connectivity index (χ2n) is 8.52. The molecule has 156 valence electrons. The molecule has 0 aromatic heterocycles. The van der Waals surface area contributed by atoms with Crippen molar-refractivity contribution in [1.82, 2.24) is 10.2 Å². The molecule has 1 unspecified atom stereocenters. The number of hydrogen-bond donors (Lipinski definition) is 1. The molecule has 1 aliphatic heterocycles. The number of halogens is 1. The highest BCUT2D eigenvalue weighted by Crippen LogP contribution is 2.29. The molecular weight excluding hydrogens is 380 g/mol. The molecule has 2 aliphatic rings. The summed E-state index contributed by atoms with van der Waals surface area (Å²) in [6.07, 6.45) is 7.51. The molecule has 2 aromatic rings. The number of rotatable bonds is 9. The number of benzene rings is 2. The maximum Gasteiger partial charge on any atom is 0.119 e. The largest absolute Gasteiger partial charge is 0.494 e. The molecule has 1 N–H and O–H groups in total. The maximum absolute atomic E-state index is 6.19. The first-order valence-corrected chi connectivity index (χ1v) is 11.6. The minimum Gasteiger partial charge on any atom is -0.494 e. The van der Waals surface area contributed by atoms with Gasteiger partial charge in [0.1, 0.15) is 5.75 Å². The predicted molar refractivity (Wildman–Crippen MR) is 121 cm³/mol. The standard InChI is InChI=1S/C25H33ClN2O/c26-25-7-2-1-6-23(25)18-27-12-5-15-29-24-11-10-21-16-20(8-9-22(21)17-24)19-28-13-3-4-14-28/h1-2,6-7,10-11,17,20,27H,3-5,8-9,12-16,18-19H2. The highest BCUT2D eigenvalue weighted by molar-refractivity contribution is 6.31. The van der Waals surface area contributed by atoms with Crippen molar-refractivity contribution in [3.05, 3.63) is 64.2 Å². The van der Waals surface area contributed by atoms with Gasteiger partial charge in [0, 0.05) is 18.1 Å². The van der Waals surface area contributed by atoms with Crippen LogP contribution < -0.4 is 10.1 Å². The summed E-state index contributed by atoms with van der Waals surface area (Å²) in [4.78, 5) is 2.66. The van der Waals surface area contributed by atoms with Gasteiger partial charge < -0.3 is 15.0 Å². The van der Waals surface area contributed by atoms with Gasteiger partial charge in [0.2, 0.25) is 0 Å². The van der Waals surface area contributed by atoms with E-state index in [-0.39, 0.29) is 0 Å². The number of likely N-dealkylation sites (tertiary alicyclic amines) is 1. The number of fused-ring (bicyclic) bond motifs is 1. The van der Waals surface area contributed by atoms with Crippen LogP contribution in [0, 0.1) is 5.92 Å². The molecule has 2 aromatic carbocycles. The van der Waals surface area contributed by atoms with E-state index in [0.717, 1.165) is 48.4 Å². The summed E-state index contributed by atoms with van der Waals surface area (Å²) in [6.45, 7) is 6.38. The lowest BCUT2D eigenvalue weighted by Gasteiger charge is -2.28. The Balaban J connectivity index is 1.16. The summed E-state index contributed by atoms with van der Waals surface area (Å²) in [5.41, 5.74) is 4.18. The second kappa shape index (κ2) is 10.5. The molecule has 0 amide bonds. The van der Waals surface area contributed by atoms with Crippen molar-refractivity contribution in [2.45, 2.75) is 45.1 Å². The van der Waals surface area contributed by atoms with Crippen LogP contribution in [-0.2, 0) is 19.4 Å². The molecule has 0 saturated carbocycles. The minimum absolute atomic E-state index is 0.742. The van der Waals surface area contributed by atoms with E-state index in [9.17, 15) is 0 Å². The topological polar surface area (TPSA) is 24.5 Å². The Hall–Kier alpha value is -1.55. The molecule has 0 spiro atoms. The molecule has 4 heteroatoms. The van der Waals surface area contributed by atoms with Crippen LogP contribution in [0.5, 0.6) is 5.75 Å². The number of hydrogen-bond acceptors (Lipinski definition) is 3. The maximum atomic E-state index is 6.19. The third kappa shape index (κ3) is 5.97. The van der Waals surface area contributed by atoms with E-state index in [4.69, 9.17) is 16.3 Å². The van der Waals surface area contributed by atoms with Crippen molar-refractivity contribution in [1.29, 1.82) is 0 Å². The first-order chi connectivity index (χ1) is 14.3. The Morgan fingerprint density at radius 3 is 2.79 bits per heavy atom. The third-order valence-electron chi connectivity index (χ3n) is 6.26. The van der Waals surface area contributed by atoms with Crippen LogP contribution in [0.1, 0.15) is 42.4 Å². The zero-order valence-corrected chi connectivity index (χ0v) is 18.1. The molecule has 4 rings (SSSR count). The van der Waals surface area contributed by atoms with Crippen molar-refractivity contribution < 1.29 is 4.74 Å². The van der Waals surface area contributed by atoms with Gasteiger partial charge in [-0.1, -0.05) is 35.9 Å². The summed E-state index contributed by atoms with van der Waals surface area (Å²) < 4.78 is 6.01. The lowest BCUT2D eigenvalue weighted by atomic mass is 9.83. The van der Waals surface area contributed by atoms with Crippen molar-refractivity contribution in [2.75, 3.05) is 32.8 Å². The Morgan fingerprint density at radius 2 is 1.93 bits per heavy atom. The zero-order chi connectivity index (χ0) is 19.9. The smallest absolute Gasteiger partial charge is 0.119 e. The van der Waals surface area contributed by atoms with E-state index in [0.29, 0.717) is 0 Å². The van der Waals surface area contributed by atoms with Gasteiger partial charge in [0.15, 0.2) is 0 Å². The minimum atomic E-state index is 0.742. The van der Waals surface area contributed by atoms with Crippen molar-refractivity contribution >= 4 is 11.6 Å². The average Bonchev–Trinajstić information content (AvgIpc) is 3.25. The van der Waals surface area contributed by atoms with E-state index >= 15 is 0 Å². The van der Waals surface area contributed by atoms with Crippen molar-refractivity contribution in [3.8, 4) is 5.75 Å². The molecule has 1 saturated heterocycles. The van der Waals surface area contributed by atoms with Crippen LogP contribution in [0.15, 0.2) is 42.5 Å². The normalized spacial score (nSPS) is 19.3. The Kier molecular flexibility index (Phi) is 7.48. The van der Waals surface area contributed by atoms with Gasteiger partial charge in [0.05, 0.1) is 6.61 Å². The molecule has 0 radical (unpaired) electrons. The van der Waals surface area contributed by atoms with Crippen LogP contribution in [0.2, 0.25) is 5.02 Å². The molecule has 1 atom stereocenters. The Morgan fingerprint density at radius 1 is 1.07 bits per heavy atom. The van der Waals surface area contributed by atoms with Crippen molar-refractivity contribution in [2.24, 2.45) is 5.92 Å². The van der Waals surface area contributed by atoms with Crippen LogP contribution in [0.25, 0.3) is 0 Å². The quantitative estimate of drug-likeness (QED) is 0.580. The van der Waals surface area contributed by atoms with E-state index in [2.05, 4.69) is 34.5 Å². The average molecular weight is 413 g/mol. The first-order valence-electron chi connectivity index (χ1n) is 11.2. The predicted octanol–water partition coefficient (Wildman–Crippen LogP) is 5.10. The number of nitrogens with zero attached hydrogens (tertiary/aromatic N) is 1. The molecule has 29 heavy (non-hydrogen) atoms. The van der Waals surface area contributed by atoms with Crippen molar-refractivity contribution in [3.63, 3.8) is 0 Å². The van der Waals surface area contributed by atoms with E-state index in [1.807, 2.05) is 18.2 Å². The fourth-order valence-electron chi connectivity index (χ4n) is 4.63. The summed E-state index contributed by atoms with van der Waals surface area (Å²) in [5.74, 6) is 1.85. The molecule has 3 nitrogen and oxygen atoms in total.